The summed E-state index contributed by atoms with van der Waals surface area (Å²) in [5.74, 6) is 0.900. The molecule has 0 unspecified atom stereocenters. The third-order valence-electron chi connectivity index (χ3n) is 2.69. The number of hydrogen-bond acceptors (Lipinski definition) is 3. The molecule has 4 heteroatoms. The van der Waals surface area contributed by atoms with E-state index in [1.165, 1.54) is 0 Å². The van der Waals surface area contributed by atoms with Crippen LogP contribution in [0.15, 0.2) is 48.7 Å². The van der Waals surface area contributed by atoms with Crippen LogP contribution in [0.25, 0.3) is 16.9 Å². The number of anilines is 1. The summed E-state index contributed by atoms with van der Waals surface area (Å²) in [7, 11) is 0. The summed E-state index contributed by atoms with van der Waals surface area (Å²) in [6, 6.07) is 12.5. The molecule has 0 aliphatic rings. The first-order valence-corrected chi connectivity index (χ1v) is 5.27. The highest BCUT2D eigenvalue weighted by Crippen LogP contribution is 2.22. The van der Waals surface area contributed by atoms with Crippen molar-refractivity contribution >= 4 is 11.5 Å². The maximum Gasteiger partial charge on any atom is 0.139 e. The zero-order valence-electron chi connectivity index (χ0n) is 9.04. The first-order valence-electron chi connectivity index (χ1n) is 5.27. The highest BCUT2D eigenvalue weighted by atomic mass is 16.3. The van der Waals surface area contributed by atoms with Crippen molar-refractivity contribution in [2.24, 2.45) is 0 Å². The number of aromatic nitrogens is 2. The van der Waals surface area contributed by atoms with E-state index in [1.807, 2.05) is 40.9 Å². The summed E-state index contributed by atoms with van der Waals surface area (Å²) in [6.07, 6.45) is 1.89. The maximum atomic E-state index is 9.24. The van der Waals surface area contributed by atoms with Crippen molar-refractivity contribution in [3.05, 3.63) is 48.7 Å². The molecule has 0 spiro atoms. The van der Waals surface area contributed by atoms with E-state index in [1.54, 1.807) is 12.1 Å². The topological polar surface area (TPSA) is 63.5 Å². The number of fused-ring (bicyclic) bond motifs is 1. The van der Waals surface area contributed by atoms with Gasteiger partial charge in [0.25, 0.3) is 0 Å². The maximum absolute atomic E-state index is 9.24. The van der Waals surface area contributed by atoms with Crippen LogP contribution in [-0.4, -0.2) is 14.5 Å². The molecule has 0 aliphatic heterocycles. The minimum Gasteiger partial charge on any atom is -0.508 e. The van der Waals surface area contributed by atoms with Gasteiger partial charge < -0.3 is 10.8 Å². The fourth-order valence-corrected chi connectivity index (χ4v) is 1.80. The number of phenols is 1. The average Bonchev–Trinajstić information content (AvgIpc) is 2.75. The summed E-state index contributed by atoms with van der Waals surface area (Å²) < 4.78 is 1.84. The molecule has 0 radical (unpaired) electrons. The minimum atomic E-state index is 0.247. The molecule has 2 aromatic heterocycles. The van der Waals surface area contributed by atoms with Crippen molar-refractivity contribution in [2.75, 3.05) is 5.73 Å². The molecule has 3 rings (SSSR count). The molecule has 0 fully saturated rings. The van der Waals surface area contributed by atoms with Gasteiger partial charge in [-0.15, -0.1) is 0 Å². The Balaban J connectivity index is 2.18. The van der Waals surface area contributed by atoms with E-state index in [-0.39, 0.29) is 5.75 Å². The number of nitrogen functional groups attached to an aromatic ring is 1. The molecule has 17 heavy (non-hydrogen) atoms. The number of imidazole rings is 1. The van der Waals surface area contributed by atoms with Crippen molar-refractivity contribution in [1.29, 1.82) is 0 Å². The van der Waals surface area contributed by atoms with E-state index < -0.39 is 0 Å². The van der Waals surface area contributed by atoms with Crippen molar-refractivity contribution < 1.29 is 5.11 Å². The fourth-order valence-electron chi connectivity index (χ4n) is 1.80. The van der Waals surface area contributed by atoms with Crippen LogP contribution >= 0.6 is 0 Å². The van der Waals surface area contributed by atoms with E-state index in [0.717, 1.165) is 16.9 Å². The molecular weight excluding hydrogens is 214 g/mol. The zero-order valence-corrected chi connectivity index (χ0v) is 9.04. The lowest BCUT2D eigenvalue weighted by molar-refractivity contribution is 0.475. The molecule has 0 saturated heterocycles. The number of aromatic hydroxyl groups is 1. The van der Waals surface area contributed by atoms with Gasteiger partial charge in [-0.25, -0.2) is 4.98 Å². The number of pyridine rings is 1. The number of nitrogens with zero attached hydrogens (tertiary/aromatic N) is 2. The second kappa shape index (κ2) is 3.52. The molecule has 0 atom stereocenters. The van der Waals surface area contributed by atoms with Gasteiger partial charge >= 0.3 is 0 Å². The Morgan fingerprint density at radius 2 is 1.82 bits per heavy atom. The van der Waals surface area contributed by atoms with Gasteiger partial charge in [0.1, 0.15) is 17.2 Å². The van der Waals surface area contributed by atoms with Crippen LogP contribution in [0.3, 0.4) is 0 Å². The number of phenolic OH excluding ortho intramolecular Hbond substituents is 1. The molecule has 3 aromatic rings. The summed E-state index contributed by atoms with van der Waals surface area (Å²) in [4.78, 5) is 4.47. The molecule has 0 saturated carbocycles. The monoisotopic (exact) mass is 225 g/mol. The molecule has 2 heterocycles. The van der Waals surface area contributed by atoms with Gasteiger partial charge in [0, 0.05) is 11.8 Å². The van der Waals surface area contributed by atoms with Crippen LogP contribution in [0.1, 0.15) is 0 Å². The van der Waals surface area contributed by atoms with Gasteiger partial charge in [-0.1, -0.05) is 6.07 Å². The van der Waals surface area contributed by atoms with Crippen molar-refractivity contribution in [3.63, 3.8) is 0 Å². The average molecular weight is 225 g/mol. The van der Waals surface area contributed by atoms with Crippen molar-refractivity contribution in [3.8, 4) is 17.0 Å². The molecule has 84 valence electrons. The SMILES string of the molecule is Nc1cccc2nc(-c3ccc(O)cc3)cn12. The van der Waals surface area contributed by atoms with Crippen LogP contribution in [0.2, 0.25) is 0 Å². The number of benzene rings is 1. The van der Waals surface area contributed by atoms with Gasteiger partial charge in [-0.2, -0.15) is 0 Å². The minimum absolute atomic E-state index is 0.247. The van der Waals surface area contributed by atoms with Crippen LogP contribution in [0, 0.1) is 0 Å². The first-order chi connectivity index (χ1) is 8.24. The third-order valence-corrected chi connectivity index (χ3v) is 2.69. The Labute approximate surface area is 98.0 Å². The molecule has 0 amide bonds. The standard InChI is InChI=1S/C13H11N3O/c14-12-2-1-3-13-15-11(8-16(12)13)9-4-6-10(17)7-5-9/h1-8,17H,14H2. The lowest BCUT2D eigenvalue weighted by atomic mass is 10.2. The van der Waals surface area contributed by atoms with Crippen molar-refractivity contribution in [1.82, 2.24) is 9.38 Å². The largest absolute Gasteiger partial charge is 0.508 e. The molecule has 0 bridgehead atoms. The third kappa shape index (κ3) is 1.59. The summed E-state index contributed by atoms with van der Waals surface area (Å²) in [6.45, 7) is 0. The number of rotatable bonds is 1. The lowest BCUT2D eigenvalue weighted by Crippen LogP contribution is -1.93. The molecule has 3 N–H and O–H groups in total. The Bertz CT molecular complexity index is 671. The molecular formula is C13H11N3O. The lowest BCUT2D eigenvalue weighted by Gasteiger charge is -1.96. The zero-order chi connectivity index (χ0) is 11.8. The Morgan fingerprint density at radius 3 is 2.53 bits per heavy atom. The summed E-state index contributed by atoms with van der Waals surface area (Å²) >= 11 is 0. The van der Waals surface area contributed by atoms with Gasteiger partial charge in [-0.3, -0.25) is 4.40 Å². The highest BCUT2D eigenvalue weighted by molar-refractivity contribution is 5.64. The fraction of sp³-hybridized carbons (Fsp3) is 0. The van der Waals surface area contributed by atoms with E-state index in [9.17, 15) is 5.11 Å². The second-order valence-corrected chi connectivity index (χ2v) is 3.85. The normalized spacial score (nSPS) is 10.8. The van der Waals surface area contributed by atoms with E-state index in [2.05, 4.69) is 4.98 Å². The molecule has 1 aromatic carbocycles. The second-order valence-electron chi connectivity index (χ2n) is 3.85. The summed E-state index contributed by atoms with van der Waals surface area (Å²) in [5, 5.41) is 9.24. The predicted octanol–water partition coefficient (Wildman–Crippen LogP) is 2.29. The van der Waals surface area contributed by atoms with E-state index in [4.69, 9.17) is 5.73 Å². The Morgan fingerprint density at radius 1 is 1.06 bits per heavy atom. The Hall–Kier alpha value is -2.49. The van der Waals surface area contributed by atoms with Crippen LogP contribution in [0.4, 0.5) is 5.82 Å². The molecule has 0 aliphatic carbocycles. The number of nitrogens with two attached hydrogens (primary N) is 1. The van der Waals surface area contributed by atoms with Crippen LogP contribution in [0.5, 0.6) is 5.75 Å². The van der Waals surface area contributed by atoms with Gasteiger partial charge in [-0.05, 0) is 36.4 Å². The van der Waals surface area contributed by atoms with Gasteiger partial charge in [0.15, 0.2) is 0 Å². The summed E-state index contributed by atoms with van der Waals surface area (Å²) in [5.41, 5.74) is 8.45. The van der Waals surface area contributed by atoms with Crippen LogP contribution < -0.4 is 5.73 Å². The number of hydrogen-bond donors (Lipinski definition) is 2. The quantitative estimate of drug-likeness (QED) is 0.667. The molecule has 4 nitrogen and oxygen atoms in total. The smallest absolute Gasteiger partial charge is 0.139 e. The van der Waals surface area contributed by atoms with Gasteiger partial charge in [0.2, 0.25) is 0 Å². The van der Waals surface area contributed by atoms with E-state index in [0.29, 0.717) is 5.82 Å². The van der Waals surface area contributed by atoms with E-state index >= 15 is 0 Å². The Kier molecular flexibility index (Phi) is 2.01. The predicted molar refractivity (Wildman–Crippen MR) is 66.7 cm³/mol. The van der Waals surface area contributed by atoms with Crippen molar-refractivity contribution in [2.45, 2.75) is 0 Å². The van der Waals surface area contributed by atoms with Gasteiger partial charge in [0.05, 0.1) is 5.69 Å². The highest BCUT2D eigenvalue weighted by Gasteiger charge is 2.05. The first kappa shape index (κ1) is 9.72. The van der Waals surface area contributed by atoms with Crippen LogP contribution in [-0.2, 0) is 0 Å².